The largest absolute Gasteiger partial charge is 0.492 e. The van der Waals surface area contributed by atoms with E-state index >= 15 is 0 Å². The average Bonchev–Trinajstić information content (AvgIpc) is 2.52. The van der Waals surface area contributed by atoms with Gasteiger partial charge in [0.15, 0.2) is 0 Å². The fourth-order valence-electron chi connectivity index (χ4n) is 2.83. The van der Waals surface area contributed by atoms with Crippen LogP contribution in [0.3, 0.4) is 0 Å². The highest BCUT2D eigenvalue weighted by Gasteiger charge is 2.16. The predicted molar refractivity (Wildman–Crippen MR) is 89.1 cm³/mol. The van der Waals surface area contributed by atoms with Crippen molar-refractivity contribution in [1.29, 1.82) is 0 Å². The molecule has 4 nitrogen and oxygen atoms in total. The molecule has 1 aliphatic heterocycles. The maximum atomic E-state index is 6.04. The van der Waals surface area contributed by atoms with Gasteiger partial charge < -0.3 is 20.3 Å². The first-order valence-electron chi connectivity index (χ1n) is 8.18. The van der Waals surface area contributed by atoms with Crippen molar-refractivity contribution in [2.45, 2.75) is 32.7 Å². The standard InChI is InChI=1S/C17H29N3O/c1-3-19(4-2)12-13-21-17-9-7-16(8-10-17)20-11-5-6-15(18)14-20/h7-10,15H,3-6,11-14,18H2,1-2H3. The molecular formula is C17H29N3O. The van der Waals surface area contributed by atoms with E-state index in [2.05, 4.69) is 47.9 Å². The maximum absolute atomic E-state index is 6.04. The first kappa shape index (κ1) is 16.1. The van der Waals surface area contributed by atoms with E-state index in [4.69, 9.17) is 10.5 Å². The molecule has 2 N–H and O–H groups in total. The summed E-state index contributed by atoms with van der Waals surface area (Å²) in [7, 11) is 0. The second-order valence-electron chi connectivity index (χ2n) is 5.72. The van der Waals surface area contributed by atoms with Gasteiger partial charge in [0.2, 0.25) is 0 Å². The third kappa shape index (κ3) is 4.90. The van der Waals surface area contributed by atoms with Crippen molar-refractivity contribution in [3.63, 3.8) is 0 Å². The van der Waals surface area contributed by atoms with Crippen molar-refractivity contribution < 1.29 is 4.74 Å². The molecule has 1 heterocycles. The number of likely N-dealkylation sites (N-methyl/N-ethyl adjacent to an activating group) is 1. The van der Waals surface area contributed by atoms with E-state index in [1.54, 1.807) is 0 Å². The Hall–Kier alpha value is -1.26. The van der Waals surface area contributed by atoms with E-state index in [1.807, 2.05) is 0 Å². The number of hydrogen-bond donors (Lipinski definition) is 1. The van der Waals surface area contributed by atoms with Gasteiger partial charge in [0.25, 0.3) is 0 Å². The van der Waals surface area contributed by atoms with Gasteiger partial charge in [-0.2, -0.15) is 0 Å². The van der Waals surface area contributed by atoms with Gasteiger partial charge in [-0.05, 0) is 50.2 Å². The lowest BCUT2D eigenvalue weighted by Crippen LogP contribution is -2.42. The van der Waals surface area contributed by atoms with E-state index in [0.717, 1.165) is 51.5 Å². The first-order chi connectivity index (χ1) is 10.2. The van der Waals surface area contributed by atoms with Crippen LogP contribution in [0.25, 0.3) is 0 Å². The normalized spacial score (nSPS) is 19.0. The zero-order chi connectivity index (χ0) is 15.1. The summed E-state index contributed by atoms with van der Waals surface area (Å²) in [4.78, 5) is 4.73. The Bertz CT molecular complexity index is 403. The van der Waals surface area contributed by atoms with Gasteiger partial charge in [-0.1, -0.05) is 13.8 Å². The van der Waals surface area contributed by atoms with Gasteiger partial charge in [-0.15, -0.1) is 0 Å². The smallest absolute Gasteiger partial charge is 0.119 e. The number of nitrogens with two attached hydrogens (primary N) is 1. The highest BCUT2D eigenvalue weighted by Crippen LogP contribution is 2.22. The van der Waals surface area contributed by atoms with Crippen LogP contribution in [-0.2, 0) is 0 Å². The van der Waals surface area contributed by atoms with Gasteiger partial charge in [0.05, 0.1) is 0 Å². The minimum absolute atomic E-state index is 0.309. The van der Waals surface area contributed by atoms with Crippen LogP contribution in [-0.4, -0.2) is 50.3 Å². The van der Waals surface area contributed by atoms with E-state index in [-0.39, 0.29) is 0 Å². The zero-order valence-corrected chi connectivity index (χ0v) is 13.4. The number of ether oxygens (including phenoxy) is 1. The molecule has 1 unspecified atom stereocenters. The molecular weight excluding hydrogens is 262 g/mol. The summed E-state index contributed by atoms with van der Waals surface area (Å²) >= 11 is 0. The van der Waals surface area contributed by atoms with E-state index < -0.39 is 0 Å². The van der Waals surface area contributed by atoms with Gasteiger partial charge in [0, 0.05) is 31.4 Å². The first-order valence-corrected chi connectivity index (χ1v) is 8.18. The fraction of sp³-hybridized carbons (Fsp3) is 0.647. The summed E-state index contributed by atoms with van der Waals surface area (Å²) in [5.74, 6) is 0.951. The topological polar surface area (TPSA) is 41.7 Å². The second-order valence-corrected chi connectivity index (χ2v) is 5.72. The number of rotatable bonds is 7. The van der Waals surface area contributed by atoms with Crippen molar-refractivity contribution in [1.82, 2.24) is 4.90 Å². The molecule has 2 rings (SSSR count). The van der Waals surface area contributed by atoms with Gasteiger partial charge >= 0.3 is 0 Å². The van der Waals surface area contributed by atoms with Crippen molar-refractivity contribution in [2.24, 2.45) is 5.73 Å². The van der Waals surface area contributed by atoms with Crippen molar-refractivity contribution in [2.75, 3.05) is 44.2 Å². The lowest BCUT2D eigenvalue weighted by Gasteiger charge is -2.32. The summed E-state index contributed by atoms with van der Waals surface area (Å²) < 4.78 is 5.82. The third-order valence-corrected chi connectivity index (χ3v) is 4.23. The Morgan fingerprint density at radius 2 is 1.95 bits per heavy atom. The van der Waals surface area contributed by atoms with Crippen LogP contribution in [0, 0.1) is 0 Å². The molecule has 0 aromatic heterocycles. The summed E-state index contributed by atoms with van der Waals surface area (Å²) in [6.07, 6.45) is 2.33. The SMILES string of the molecule is CCN(CC)CCOc1ccc(N2CCCC(N)C2)cc1. The molecule has 0 bridgehead atoms. The average molecular weight is 291 g/mol. The summed E-state index contributed by atoms with van der Waals surface area (Å²) in [6, 6.07) is 8.73. The molecule has 0 saturated carbocycles. The van der Waals surface area contributed by atoms with Crippen LogP contribution in [0.1, 0.15) is 26.7 Å². The molecule has 1 aromatic rings. The molecule has 1 saturated heterocycles. The Balaban J connectivity index is 1.81. The summed E-state index contributed by atoms with van der Waals surface area (Å²) in [5.41, 5.74) is 7.29. The van der Waals surface area contributed by atoms with Crippen molar-refractivity contribution >= 4 is 5.69 Å². The Morgan fingerprint density at radius 1 is 1.24 bits per heavy atom. The molecule has 0 radical (unpaired) electrons. The van der Waals surface area contributed by atoms with Gasteiger partial charge in [-0.3, -0.25) is 0 Å². The Kier molecular flexibility index (Phi) is 6.33. The Morgan fingerprint density at radius 3 is 2.57 bits per heavy atom. The zero-order valence-electron chi connectivity index (χ0n) is 13.4. The number of benzene rings is 1. The molecule has 21 heavy (non-hydrogen) atoms. The van der Waals surface area contributed by atoms with Gasteiger partial charge in [-0.25, -0.2) is 0 Å². The predicted octanol–water partition coefficient (Wildman–Crippen LogP) is 2.33. The minimum Gasteiger partial charge on any atom is -0.492 e. The van der Waals surface area contributed by atoms with Gasteiger partial charge in [0.1, 0.15) is 12.4 Å². The monoisotopic (exact) mass is 291 g/mol. The minimum atomic E-state index is 0.309. The highest BCUT2D eigenvalue weighted by atomic mass is 16.5. The van der Waals surface area contributed by atoms with Crippen LogP contribution in [0.15, 0.2) is 24.3 Å². The molecule has 118 valence electrons. The number of nitrogens with zero attached hydrogens (tertiary/aromatic N) is 2. The molecule has 4 heteroatoms. The van der Waals surface area contributed by atoms with E-state index in [9.17, 15) is 0 Å². The van der Waals surface area contributed by atoms with E-state index in [1.165, 1.54) is 12.1 Å². The van der Waals surface area contributed by atoms with Crippen LogP contribution < -0.4 is 15.4 Å². The van der Waals surface area contributed by atoms with Crippen LogP contribution in [0.4, 0.5) is 5.69 Å². The molecule has 1 aromatic carbocycles. The number of piperidine rings is 1. The Labute approximate surface area is 128 Å². The number of anilines is 1. The molecule has 0 spiro atoms. The highest BCUT2D eigenvalue weighted by molar-refractivity contribution is 5.49. The van der Waals surface area contributed by atoms with E-state index in [0.29, 0.717) is 6.04 Å². The third-order valence-electron chi connectivity index (χ3n) is 4.23. The summed E-state index contributed by atoms with van der Waals surface area (Å²) in [6.45, 7) is 10.3. The van der Waals surface area contributed by atoms with Crippen LogP contribution in [0.2, 0.25) is 0 Å². The lowest BCUT2D eigenvalue weighted by molar-refractivity contribution is 0.223. The summed E-state index contributed by atoms with van der Waals surface area (Å²) in [5, 5.41) is 0. The maximum Gasteiger partial charge on any atom is 0.119 e. The molecule has 0 aliphatic carbocycles. The lowest BCUT2D eigenvalue weighted by atomic mass is 10.1. The number of hydrogen-bond acceptors (Lipinski definition) is 4. The fourth-order valence-corrected chi connectivity index (χ4v) is 2.83. The molecule has 1 fully saturated rings. The second kappa shape index (κ2) is 8.25. The van der Waals surface area contributed by atoms with Crippen molar-refractivity contribution in [3.8, 4) is 5.75 Å². The quantitative estimate of drug-likeness (QED) is 0.837. The van der Waals surface area contributed by atoms with Crippen molar-refractivity contribution in [3.05, 3.63) is 24.3 Å². The molecule has 1 atom stereocenters. The van der Waals surface area contributed by atoms with Crippen LogP contribution in [0.5, 0.6) is 5.75 Å². The van der Waals surface area contributed by atoms with Crippen LogP contribution >= 0.6 is 0 Å². The molecule has 0 amide bonds. The molecule has 1 aliphatic rings.